The number of hydrogen-bond donors (Lipinski definition) is 2. The van der Waals surface area contributed by atoms with E-state index in [2.05, 4.69) is 10.6 Å². The third-order valence-corrected chi connectivity index (χ3v) is 3.92. The normalized spacial score (nSPS) is 11.7. The van der Waals surface area contributed by atoms with Crippen LogP contribution < -0.4 is 15.4 Å². The van der Waals surface area contributed by atoms with Crippen molar-refractivity contribution in [3.05, 3.63) is 54.3 Å². The molecule has 0 radical (unpaired) electrons. The lowest BCUT2D eigenvalue weighted by molar-refractivity contribution is -0.122. The van der Waals surface area contributed by atoms with E-state index in [4.69, 9.17) is 4.74 Å². The SMILES string of the molecule is COc1cccc(NC(=O)CN(C)[C@@H](C)C(=O)Nc2ccccc2F)c1. The first-order valence-electron chi connectivity index (χ1n) is 8.10. The number of carbonyl (C=O) groups is 2. The Morgan fingerprint density at radius 3 is 2.58 bits per heavy atom. The Bertz CT molecular complexity index is 782. The lowest BCUT2D eigenvalue weighted by atomic mass is 10.2. The predicted octanol–water partition coefficient (Wildman–Crippen LogP) is 2.73. The Hall–Kier alpha value is -2.93. The van der Waals surface area contributed by atoms with Gasteiger partial charge in [-0.25, -0.2) is 4.39 Å². The number of halogens is 1. The zero-order chi connectivity index (χ0) is 19.1. The Labute approximate surface area is 152 Å². The van der Waals surface area contributed by atoms with E-state index in [-0.39, 0.29) is 18.1 Å². The fourth-order valence-corrected chi connectivity index (χ4v) is 2.26. The van der Waals surface area contributed by atoms with Crippen LogP contribution in [0.25, 0.3) is 0 Å². The predicted molar refractivity (Wildman–Crippen MR) is 98.7 cm³/mol. The fraction of sp³-hybridized carbons (Fsp3) is 0.263. The van der Waals surface area contributed by atoms with Crippen LogP contribution in [0.5, 0.6) is 5.75 Å². The van der Waals surface area contributed by atoms with Gasteiger partial charge in [-0.15, -0.1) is 0 Å². The van der Waals surface area contributed by atoms with E-state index >= 15 is 0 Å². The van der Waals surface area contributed by atoms with Crippen LogP contribution in [-0.2, 0) is 9.59 Å². The Morgan fingerprint density at radius 2 is 1.88 bits per heavy atom. The third-order valence-electron chi connectivity index (χ3n) is 3.92. The van der Waals surface area contributed by atoms with E-state index in [9.17, 15) is 14.0 Å². The maximum Gasteiger partial charge on any atom is 0.241 e. The highest BCUT2D eigenvalue weighted by Crippen LogP contribution is 2.17. The van der Waals surface area contributed by atoms with Crippen molar-refractivity contribution in [3.63, 3.8) is 0 Å². The van der Waals surface area contributed by atoms with Gasteiger partial charge < -0.3 is 15.4 Å². The van der Waals surface area contributed by atoms with Gasteiger partial charge in [-0.1, -0.05) is 18.2 Å². The highest BCUT2D eigenvalue weighted by Gasteiger charge is 2.21. The largest absolute Gasteiger partial charge is 0.497 e. The fourth-order valence-electron chi connectivity index (χ4n) is 2.26. The second-order valence-corrected chi connectivity index (χ2v) is 5.84. The molecule has 2 amide bonds. The summed E-state index contributed by atoms with van der Waals surface area (Å²) in [6, 6.07) is 12.3. The smallest absolute Gasteiger partial charge is 0.241 e. The van der Waals surface area contributed by atoms with Crippen LogP contribution in [0.3, 0.4) is 0 Å². The van der Waals surface area contributed by atoms with Gasteiger partial charge in [0.05, 0.1) is 25.4 Å². The molecule has 138 valence electrons. The first kappa shape index (κ1) is 19.4. The average Bonchev–Trinajstić information content (AvgIpc) is 2.62. The van der Waals surface area contributed by atoms with Crippen LogP contribution in [0.4, 0.5) is 15.8 Å². The molecule has 2 rings (SSSR count). The Kier molecular flexibility index (Phi) is 6.68. The molecule has 0 aliphatic heterocycles. The molecule has 0 fully saturated rings. The van der Waals surface area contributed by atoms with Crippen molar-refractivity contribution in [2.45, 2.75) is 13.0 Å². The molecule has 2 aromatic carbocycles. The summed E-state index contributed by atoms with van der Waals surface area (Å²) >= 11 is 0. The lowest BCUT2D eigenvalue weighted by Crippen LogP contribution is -2.43. The highest BCUT2D eigenvalue weighted by molar-refractivity contribution is 5.96. The summed E-state index contributed by atoms with van der Waals surface area (Å²) in [6.45, 7) is 1.65. The molecule has 0 spiro atoms. The van der Waals surface area contributed by atoms with Gasteiger partial charge in [0.2, 0.25) is 11.8 Å². The molecule has 2 N–H and O–H groups in total. The van der Waals surface area contributed by atoms with Crippen LogP contribution in [0, 0.1) is 5.82 Å². The van der Waals surface area contributed by atoms with Crippen molar-refractivity contribution in [2.24, 2.45) is 0 Å². The van der Waals surface area contributed by atoms with Gasteiger partial charge in [-0.3, -0.25) is 14.5 Å². The molecular weight excluding hydrogens is 337 g/mol. The Balaban J connectivity index is 1.90. The maximum absolute atomic E-state index is 13.6. The lowest BCUT2D eigenvalue weighted by Gasteiger charge is -2.23. The molecule has 0 bridgehead atoms. The van der Waals surface area contributed by atoms with Gasteiger partial charge >= 0.3 is 0 Å². The topological polar surface area (TPSA) is 70.7 Å². The van der Waals surface area contributed by atoms with Crippen molar-refractivity contribution < 1.29 is 18.7 Å². The molecule has 0 unspecified atom stereocenters. The van der Waals surface area contributed by atoms with Crippen LogP contribution in [0.2, 0.25) is 0 Å². The van der Waals surface area contributed by atoms with Gasteiger partial charge in [-0.05, 0) is 38.2 Å². The molecule has 2 aromatic rings. The van der Waals surface area contributed by atoms with E-state index in [1.807, 2.05) is 0 Å². The molecule has 0 heterocycles. The quantitative estimate of drug-likeness (QED) is 0.797. The summed E-state index contributed by atoms with van der Waals surface area (Å²) in [5.74, 6) is -0.543. The molecule has 1 atom stereocenters. The minimum atomic E-state index is -0.620. The molecule has 7 heteroatoms. The number of hydrogen-bond acceptors (Lipinski definition) is 4. The number of amides is 2. The van der Waals surface area contributed by atoms with Crippen LogP contribution in [0.15, 0.2) is 48.5 Å². The molecule has 0 saturated carbocycles. The molecule has 0 aliphatic carbocycles. The van der Waals surface area contributed by atoms with Crippen LogP contribution in [0.1, 0.15) is 6.92 Å². The average molecular weight is 359 g/mol. The van der Waals surface area contributed by atoms with Crippen LogP contribution in [-0.4, -0.2) is 43.5 Å². The van der Waals surface area contributed by atoms with E-state index in [0.717, 1.165) is 0 Å². The Morgan fingerprint density at radius 1 is 1.15 bits per heavy atom. The molecule has 0 aliphatic rings. The first-order valence-corrected chi connectivity index (χ1v) is 8.10. The summed E-state index contributed by atoms with van der Waals surface area (Å²) in [5, 5.41) is 5.27. The third kappa shape index (κ3) is 5.29. The van der Waals surface area contributed by atoms with E-state index < -0.39 is 17.8 Å². The summed E-state index contributed by atoms with van der Waals surface area (Å²) in [7, 11) is 3.20. The van der Waals surface area contributed by atoms with Gasteiger partial charge in [0, 0.05) is 11.8 Å². The van der Waals surface area contributed by atoms with Crippen molar-refractivity contribution in [2.75, 3.05) is 31.3 Å². The zero-order valence-corrected chi connectivity index (χ0v) is 15.0. The summed E-state index contributed by atoms with van der Waals surface area (Å²) in [4.78, 5) is 26.0. The number of anilines is 2. The van der Waals surface area contributed by atoms with Crippen molar-refractivity contribution >= 4 is 23.2 Å². The van der Waals surface area contributed by atoms with Gasteiger partial charge in [-0.2, -0.15) is 0 Å². The van der Waals surface area contributed by atoms with Crippen molar-refractivity contribution in [1.29, 1.82) is 0 Å². The summed E-state index contributed by atoms with van der Waals surface area (Å²) < 4.78 is 18.7. The van der Waals surface area contributed by atoms with Gasteiger partial charge in [0.15, 0.2) is 0 Å². The minimum Gasteiger partial charge on any atom is -0.497 e. The number of nitrogens with one attached hydrogen (secondary N) is 2. The van der Waals surface area contributed by atoms with E-state index in [1.54, 1.807) is 62.4 Å². The van der Waals surface area contributed by atoms with Gasteiger partial charge in [0.25, 0.3) is 0 Å². The van der Waals surface area contributed by atoms with Gasteiger partial charge in [0.1, 0.15) is 11.6 Å². The highest BCUT2D eigenvalue weighted by atomic mass is 19.1. The number of ether oxygens (including phenoxy) is 1. The second-order valence-electron chi connectivity index (χ2n) is 5.84. The second kappa shape index (κ2) is 8.96. The molecular formula is C19H22FN3O3. The molecule has 0 aromatic heterocycles. The summed E-state index contributed by atoms with van der Waals surface area (Å²) in [5.41, 5.74) is 0.713. The number of para-hydroxylation sites is 1. The number of likely N-dealkylation sites (N-methyl/N-ethyl adjacent to an activating group) is 1. The van der Waals surface area contributed by atoms with E-state index in [1.165, 1.54) is 12.1 Å². The number of carbonyl (C=O) groups excluding carboxylic acids is 2. The molecule has 26 heavy (non-hydrogen) atoms. The first-order chi connectivity index (χ1) is 12.4. The number of methoxy groups -OCH3 is 1. The van der Waals surface area contributed by atoms with Crippen molar-refractivity contribution in [3.8, 4) is 5.75 Å². The number of benzene rings is 2. The molecule has 0 saturated heterocycles. The number of nitrogens with zero attached hydrogens (tertiary/aromatic N) is 1. The zero-order valence-electron chi connectivity index (χ0n) is 15.0. The molecule has 6 nitrogen and oxygen atoms in total. The summed E-state index contributed by atoms with van der Waals surface area (Å²) in [6.07, 6.45) is 0. The minimum absolute atomic E-state index is 0.00304. The standard InChI is InChI=1S/C19H22FN3O3/c1-13(19(25)22-17-10-5-4-9-16(17)20)23(2)12-18(24)21-14-7-6-8-15(11-14)26-3/h4-11,13H,12H2,1-3H3,(H,21,24)(H,22,25)/t13-/m0/s1. The van der Waals surface area contributed by atoms with E-state index in [0.29, 0.717) is 11.4 Å². The number of rotatable bonds is 7. The van der Waals surface area contributed by atoms with Crippen LogP contribution >= 0.6 is 0 Å². The monoisotopic (exact) mass is 359 g/mol. The van der Waals surface area contributed by atoms with Crippen molar-refractivity contribution in [1.82, 2.24) is 4.90 Å². The maximum atomic E-state index is 13.6.